The molecule has 2 aromatic rings. The predicted octanol–water partition coefficient (Wildman–Crippen LogP) is 3.25. The Morgan fingerprint density at radius 2 is 1.86 bits per heavy atom. The number of nitrogens with zero attached hydrogens (tertiary/aromatic N) is 3. The van der Waals surface area contributed by atoms with Crippen LogP contribution in [-0.4, -0.2) is 41.0 Å². The Balaban J connectivity index is 1.54. The Morgan fingerprint density at radius 3 is 2.48 bits per heavy atom. The molecule has 1 fully saturated rings. The number of halogens is 2. The fourth-order valence-electron chi connectivity index (χ4n) is 2.56. The zero-order valence-electron chi connectivity index (χ0n) is 11.6. The molecule has 0 saturated carbocycles. The number of hydrogen-bond donors (Lipinski definition) is 0. The van der Waals surface area contributed by atoms with Crippen molar-refractivity contribution in [3.8, 4) is 0 Å². The van der Waals surface area contributed by atoms with Crippen molar-refractivity contribution >= 4 is 22.9 Å². The highest BCUT2D eigenvalue weighted by atomic mass is 35.5. The van der Waals surface area contributed by atoms with Crippen LogP contribution >= 0.6 is 22.9 Å². The van der Waals surface area contributed by atoms with Crippen LogP contribution in [0.1, 0.15) is 11.3 Å². The van der Waals surface area contributed by atoms with Crippen LogP contribution < -0.4 is 0 Å². The Hall–Kier alpha value is -1.01. The van der Waals surface area contributed by atoms with E-state index in [2.05, 4.69) is 20.2 Å². The minimum absolute atomic E-state index is 0.215. The summed E-state index contributed by atoms with van der Waals surface area (Å²) in [5, 5.41) is 2.60. The van der Waals surface area contributed by atoms with Crippen molar-refractivity contribution in [2.24, 2.45) is 0 Å². The maximum atomic E-state index is 13.8. The molecule has 0 radical (unpaired) electrons. The third kappa shape index (κ3) is 3.80. The van der Waals surface area contributed by atoms with Crippen molar-refractivity contribution in [3.05, 3.63) is 51.2 Å². The normalized spacial score (nSPS) is 17.2. The van der Waals surface area contributed by atoms with Crippen LogP contribution in [0.3, 0.4) is 0 Å². The summed E-state index contributed by atoms with van der Waals surface area (Å²) in [7, 11) is 0. The van der Waals surface area contributed by atoms with Crippen molar-refractivity contribution in [3.63, 3.8) is 0 Å². The average Bonchev–Trinajstić information content (AvgIpc) is 2.98. The van der Waals surface area contributed by atoms with Crippen LogP contribution in [0, 0.1) is 5.82 Å². The van der Waals surface area contributed by atoms with Crippen molar-refractivity contribution < 1.29 is 4.39 Å². The summed E-state index contributed by atoms with van der Waals surface area (Å²) in [6, 6.07) is 4.87. The summed E-state index contributed by atoms with van der Waals surface area (Å²) in [4.78, 5) is 8.95. The van der Waals surface area contributed by atoms with Crippen LogP contribution in [0.25, 0.3) is 0 Å². The van der Waals surface area contributed by atoms with Gasteiger partial charge >= 0.3 is 0 Å². The van der Waals surface area contributed by atoms with E-state index in [0.717, 1.165) is 38.4 Å². The van der Waals surface area contributed by atoms with E-state index in [0.29, 0.717) is 17.1 Å². The highest BCUT2D eigenvalue weighted by Gasteiger charge is 2.19. The van der Waals surface area contributed by atoms with Gasteiger partial charge in [-0.15, -0.1) is 11.3 Å². The number of benzene rings is 1. The lowest BCUT2D eigenvalue weighted by Gasteiger charge is -2.34. The van der Waals surface area contributed by atoms with Gasteiger partial charge in [-0.3, -0.25) is 9.80 Å². The van der Waals surface area contributed by atoms with E-state index in [-0.39, 0.29) is 5.82 Å². The van der Waals surface area contributed by atoms with E-state index < -0.39 is 0 Å². The van der Waals surface area contributed by atoms with E-state index in [4.69, 9.17) is 11.6 Å². The van der Waals surface area contributed by atoms with Gasteiger partial charge < -0.3 is 0 Å². The van der Waals surface area contributed by atoms with Gasteiger partial charge in [-0.05, 0) is 12.1 Å². The van der Waals surface area contributed by atoms with Crippen molar-refractivity contribution in [1.29, 1.82) is 0 Å². The highest BCUT2D eigenvalue weighted by molar-refractivity contribution is 7.07. The molecule has 1 aromatic heterocycles. The molecule has 0 unspecified atom stereocenters. The molecule has 0 aliphatic carbocycles. The molecule has 21 heavy (non-hydrogen) atoms. The minimum atomic E-state index is -0.215. The van der Waals surface area contributed by atoms with Gasteiger partial charge in [0.25, 0.3) is 0 Å². The summed E-state index contributed by atoms with van der Waals surface area (Å²) >= 11 is 7.72. The van der Waals surface area contributed by atoms with Crippen LogP contribution in [0.15, 0.2) is 29.1 Å². The summed E-state index contributed by atoms with van der Waals surface area (Å²) < 4.78 is 13.8. The lowest BCUT2D eigenvalue weighted by molar-refractivity contribution is 0.120. The monoisotopic (exact) mass is 325 g/mol. The zero-order chi connectivity index (χ0) is 14.7. The first kappa shape index (κ1) is 14.9. The minimum Gasteiger partial charge on any atom is -0.296 e. The van der Waals surface area contributed by atoms with Gasteiger partial charge in [0, 0.05) is 55.2 Å². The molecule has 0 N–H and O–H groups in total. The molecule has 1 saturated heterocycles. The topological polar surface area (TPSA) is 19.4 Å². The third-order valence-electron chi connectivity index (χ3n) is 3.78. The van der Waals surface area contributed by atoms with Gasteiger partial charge in [0.05, 0.1) is 11.2 Å². The fraction of sp³-hybridized carbons (Fsp3) is 0.400. The molecule has 0 spiro atoms. The molecule has 3 rings (SSSR count). The molecule has 0 bridgehead atoms. The molecule has 6 heteroatoms. The first-order chi connectivity index (χ1) is 10.2. The van der Waals surface area contributed by atoms with E-state index in [1.54, 1.807) is 23.5 Å². The van der Waals surface area contributed by atoms with Crippen molar-refractivity contribution in [2.45, 2.75) is 13.1 Å². The van der Waals surface area contributed by atoms with Gasteiger partial charge in [0.1, 0.15) is 5.82 Å². The second-order valence-corrected chi connectivity index (χ2v) is 6.36. The number of hydrogen-bond acceptors (Lipinski definition) is 4. The first-order valence-electron chi connectivity index (χ1n) is 6.97. The fourth-order valence-corrected chi connectivity index (χ4v) is 3.33. The maximum Gasteiger partial charge on any atom is 0.129 e. The summed E-state index contributed by atoms with van der Waals surface area (Å²) in [5.41, 5.74) is 3.60. The number of aromatic nitrogens is 1. The number of thiazole rings is 1. The quantitative estimate of drug-likeness (QED) is 0.860. The Morgan fingerprint density at radius 1 is 1.14 bits per heavy atom. The van der Waals surface area contributed by atoms with Crippen molar-refractivity contribution in [2.75, 3.05) is 26.2 Å². The molecule has 1 aliphatic heterocycles. The van der Waals surface area contributed by atoms with Gasteiger partial charge in [-0.1, -0.05) is 17.7 Å². The third-order valence-corrected chi connectivity index (χ3v) is 4.77. The Labute approximate surface area is 133 Å². The van der Waals surface area contributed by atoms with Gasteiger partial charge in [0.15, 0.2) is 0 Å². The zero-order valence-corrected chi connectivity index (χ0v) is 13.2. The first-order valence-corrected chi connectivity index (χ1v) is 8.29. The predicted molar refractivity (Wildman–Crippen MR) is 84.1 cm³/mol. The second-order valence-electron chi connectivity index (χ2n) is 5.23. The lowest BCUT2D eigenvalue weighted by Crippen LogP contribution is -2.45. The number of rotatable bonds is 4. The van der Waals surface area contributed by atoms with Crippen LogP contribution in [0.5, 0.6) is 0 Å². The highest BCUT2D eigenvalue weighted by Crippen LogP contribution is 2.21. The van der Waals surface area contributed by atoms with E-state index in [1.807, 2.05) is 5.51 Å². The average molecular weight is 326 g/mol. The molecule has 112 valence electrons. The molecule has 2 heterocycles. The second kappa shape index (κ2) is 6.83. The van der Waals surface area contributed by atoms with Crippen LogP contribution in [0.4, 0.5) is 4.39 Å². The van der Waals surface area contributed by atoms with Crippen LogP contribution in [-0.2, 0) is 13.1 Å². The molecule has 1 aromatic carbocycles. The SMILES string of the molecule is Fc1cccc(Cl)c1CN1CCN(Cc2cscn2)CC1. The summed E-state index contributed by atoms with van der Waals surface area (Å²) in [6.45, 7) is 5.28. The van der Waals surface area contributed by atoms with Crippen LogP contribution in [0.2, 0.25) is 5.02 Å². The standard InChI is InChI=1S/C15H17ClFN3S/c16-14-2-1-3-15(17)13(14)9-20-6-4-19(5-7-20)8-12-10-21-11-18-12/h1-3,10-11H,4-9H2. The Bertz CT molecular complexity index is 562. The van der Waals surface area contributed by atoms with E-state index in [1.165, 1.54) is 6.07 Å². The molecular formula is C15H17ClFN3S. The maximum absolute atomic E-state index is 13.8. The largest absolute Gasteiger partial charge is 0.296 e. The van der Waals surface area contributed by atoms with Gasteiger partial charge in [-0.25, -0.2) is 9.37 Å². The van der Waals surface area contributed by atoms with Gasteiger partial charge in [-0.2, -0.15) is 0 Å². The lowest BCUT2D eigenvalue weighted by atomic mass is 10.2. The Kier molecular flexibility index (Phi) is 4.85. The molecular weight excluding hydrogens is 309 g/mol. The van der Waals surface area contributed by atoms with E-state index >= 15 is 0 Å². The summed E-state index contributed by atoms with van der Waals surface area (Å²) in [6.07, 6.45) is 0. The summed E-state index contributed by atoms with van der Waals surface area (Å²) in [5.74, 6) is -0.215. The van der Waals surface area contributed by atoms with E-state index in [9.17, 15) is 4.39 Å². The number of piperazine rings is 1. The van der Waals surface area contributed by atoms with Gasteiger partial charge in [0.2, 0.25) is 0 Å². The molecule has 3 nitrogen and oxygen atoms in total. The molecule has 0 amide bonds. The molecule has 0 atom stereocenters. The molecule has 1 aliphatic rings. The van der Waals surface area contributed by atoms with Crippen molar-refractivity contribution in [1.82, 2.24) is 14.8 Å². The smallest absolute Gasteiger partial charge is 0.129 e.